The summed E-state index contributed by atoms with van der Waals surface area (Å²) in [7, 11) is 0. The molecule has 0 saturated carbocycles. The summed E-state index contributed by atoms with van der Waals surface area (Å²) >= 11 is 0. The lowest BCUT2D eigenvalue weighted by Crippen LogP contribution is -2.26. The average molecular weight is 261 g/mol. The van der Waals surface area contributed by atoms with E-state index < -0.39 is 0 Å². The number of benzene rings is 1. The predicted octanol–water partition coefficient (Wildman–Crippen LogP) is 3.66. The van der Waals surface area contributed by atoms with Crippen LogP contribution in [0.1, 0.15) is 44.1 Å². The van der Waals surface area contributed by atoms with Gasteiger partial charge in [0.2, 0.25) is 0 Å². The number of hydrogen-bond donors (Lipinski definition) is 2. The number of aliphatic hydroxyl groups excluding tert-OH is 1. The van der Waals surface area contributed by atoms with Crippen molar-refractivity contribution in [1.82, 2.24) is 5.32 Å². The molecule has 1 atom stereocenters. The third-order valence-electron chi connectivity index (χ3n) is 3.25. The second-order valence-electron chi connectivity index (χ2n) is 5.05. The Kier molecular flexibility index (Phi) is 9.03. The van der Waals surface area contributed by atoms with Crippen molar-refractivity contribution < 1.29 is 5.11 Å². The molecule has 0 aliphatic carbocycles. The fourth-order valence-electron chi connectivity index (χ4n) is 2.10. The van der Waals surface area contributed by atoms with Crippen molar-refractivity contribution in [3.05, 3.63) is 48.6 Å². The molecule has 2 heteroatoms. The molecule has 2 nitrogen and oxygen atoms in total. The van der Waals surface area contributed by atoms with E-state index in [2.05, 4.69) is 24.0 Å². The van der Waals surface area contributed by atoms with E-state index in [-0.39, 0.29) is 6.10 Å². The van der Waals surface area contributed by atoms with Gasteiger partial charge in [-0.1, -0.05) is 55.7 Å². The first-order valence-corrected chi connectivity index (χ1v) is 7.36. The highest BCUT2D eigenvalue weighted by Crippen LogP contribution is 2.07. The number of unbranched alkanes of at least 4 members (excludes halogenated alkanes) is 4. The van der Waals surface area contributed by atoms with Crippen LogP contribution in [0.4, 0.5) is 0 Å². The normalized spacial score (nSPS) is 12.3. The lowest BCUT2D eigenvalue weighted by molar-refractivity contribution is 0.157. The molecule has 19 heavy (non-hydrogen) atoms. The van der Waals surface area contributed by atoms with Gasteiger partial charge in [-0.05, 0) is 24.8 Å². The molecule has 2 N–H and O–H groups in total. The van der Waals surface area contributed by atoms with E-state index in [1.165, 1.54) is 24.8 Å². The molecule has 1 aromatic carbocycles. The maximum absolute atomic E-state index is 9.85. The van der Waals surface area contributed by atoms with Crippen LogP contribution in [0, 0.1) is 0 Å². The van der Waals surface area contributed by atoms with Crippen molar-refractivity contribution in [1.29, 1.82) is 0 Å². The van der Waals surface area contributed by atoms with E-state index in [0.29, 0.717) is 6.54 Å². The van der Waals surface area contributed by atoms with Crippen LogP contribution in [0.3, 0.4) is 0 Å². The fourth-order valence-corrected chi connectivity index (χ4v) is 2.10. The fraction of sp³-hybridized carbons (Fsp3) is 0.529. The molecule has 1 aromatic rings. The van der Waals surface area contributed by atoms with Crippen molar-refractivity contribution in [2.45, 2.75) is 51.2 Å². The first-order chi connectivity index (χ1) is 9.33. The number of allylic oxidation sites excluding steroid dienone is 1. The molecule has 0 aromatic heterocycles. The van der Waals surface area contributed by atoms with E-state index in [0.717, 1.165) is 25.8 Å². The monoisotopic (exact) mass is 261 g/mol. The lowest BCUT2D eigenvalue weighted by atomic mass is 10.1. The topological polar surface area (TPSA) is 32.3 Å². The molecule has 106 valence electrons. The number of nitrogens with one attached hydrogen (secondary N) is 1. The Morgan fingerprint density at radius 2 is 1.84 bits per heavy atom. The Hall–Kier alpha value is -1.12. The Bertz CT molecular complexity index is 323. The van der Waals surface area contributed by atoms with Gasteiger partial charge in [-0.3, -0.25) is 0 Å². The van der Waals surface area contributed by atoms with Gasteiger partial charge in [0.25, 0.3) is 0 Å². The van der Waals surface area contributed by atoms with Crippen LogP contribution in [0.25, 0.3) is 0 Å². The minimum Gasteiger partial charge on any atom is -0.392 e. The summed E-state index contributed by atoms with van der Waals surface area (Å²) in [6.45, 7) is 5.23. The first kappa shape index (κ1) is 15.9. The summed E-state index contributed by atoms with van der Waals surface area (Å²) in [5.74, 6) is 0. The van der Waals surface area contributed by atoms with Crippen LogP contribution < -0.4 is 5.32 Å². The van der Waals surface area contributed by atoms with Crippen molar-refractivity contribution >= 4 is 0 Å². The Morgan fingerprint density at radius 3 is 2.58 bits per heavy atom. The average Bonchev–Trinajstić information content (AvgIpc) is 2.44. The van der Waals surface area contributed by atoms with Gasteiger partial charge in [0.15, 0.2) is 0 Å². The zero-order chi connectivity index (χ0) is 13.8. The molecule has 0 heterocycles. The van der Waals surface area contributed by atoms with Gasteiger partial charge in [0.1, 0.15) is 0 Å². The maximum Gasteiger partial charge on any atom is 0.0664 e. The van der Waals surface area contributed by atoms with Gasteiger partial charge in [-0.25, -0.2) is 0 Å². The Morgan fingerprint density at radius 1 is 1.11 bits per heavy atom. The van der Waals surface area contributed by atoms with Crippen LogP contribution in [-0.4, -0.2) is 17.8 Å². The zero-order valence-electron chi connectivity index (χ0n) is 11.9. The summed E-state index contributed by atoms with van der Waals surface area (Å²) in [4.78, 5) is 0. The molecule has 0 saturated heterocycles. The van der Waals surface area contributed by atoms with Gasteiger partial charge in [0, 0.05) is 13.1 Å². The number of aliphatic hydroxyl groups is 1. The van der Waals surface area contributed by atoms with Crippen LogP contribution in [0.2, 0.25) is 0 Å². The minimum atomic E-state index is -0.219. The molecule has 0 amide bonds. The van der Waals surface area contributed by atoms with E-state index in [1.807, 2.05) is 24.3 Å². The number of hydrogen-bond acceptors (Lipinski definition) is 2. The van der Waals surface area contributed by atoms with Crippen molar-refractivity contribution in [2.75, 3.05) is 6.54 Å². The second kappa shape index (κ2) is 10.8. The summed E-state index contributed by atoms with van der Waals surface area (Å²) in [5, 5.41) is 13.2. The molecule has 0 aliphatic rings. The molecule has 0 spiro atoms. The predicted molar refractivity (Wildman–Crippen MR) is 82.1 cm³/mol. The molecule has 0 aliphatic heterocycles. The maximum atomic E-state index is 9.85. The quantitative estimate of drug-likeness (QED) is 0.470. The molecule has 1 rings (SSSR count). The van der Waals surface area contributed by atoms with Crippen LogP contribution in [0.15, 0.2) is 43.0 Å². The molecule has 0 fully saturated rings. The highest BCUT2D eigenvalue weighted by Gasteiger charge is 2.03. The third-order valence-corrected chi connectivity index (χ3v) is 3.25. The lowest BCUT2D eigenvalue weighted by Gasteiger charge is -2.11. The highest BCUT2D eigenvalue weighted by atomic mass is 16.3. The SMILES string of the molecule is C=CCCCCCC[C@H](O)CNCc1ccccc1. The zero-order valence-corrected chi connectivity index (χ0v) is 11.9. The standard InChI is InChI=1S/C17H27NO/c1-2-3-4-5-6-10-13-17(19)15-18-14-16-11-8-7-9-12-16/h2,7-9,11-12,17-19H,1,3-6,10,13-15H2/t17-/m0/s1. The highest BCUT2D eigenvalue weighted by molar-refractivity contribution is 5.14. The van der Waals surface area contributed by atoms with Gasteiger partial charge in [0.05, 0.1) is 6.10 Å². The summed E-state index contributed by atoms with van der Waals surface area (Å²) in [5.41, 5.74) is 1.26. The molecular formula is C17H27NO. The third kappa shape index (κ3) is 8.57. The minimum absolute atomic E-state index is 0.219. The van der Waals surface area contributed by atoms with Gasteiger partial charge in [-0.2, -0.15) is 0 Å². The van der Waals surface area contributed by atoms with Crippen molar-refractivity contribution in [2.24, 2.45) is 0 Å². The van der Waals surface area contributed by atoms with Crippen molar-refractivity contribution in [3.63, 3.8) is 0 Å². The molecule has 0 radical (unpaired) electrons. The van der Waals surface area contributed by atoms with Gasteiger partial charge in [-0.15, -0.1) is 6.58 Å². The van der Waals surface area contributed by atoms with Crippen LogP contribution >= 0.6 is 0 Å². The molecule has 0 unspecified atom stereocenters. The Labute approximate surface area is 117 Å². The van der Waals surface area contributed by atoms with E-state index in [4.69, 9.17) is 0 Å². The smallest absolute Gasteiger partial charge is 0.0664 e. The van der Waals surface area contributed by atoms with Gasteiger partial charge < -0.3 is 10.4 Å². The van der Waals surface area contributed by atoms with E-state index in [9.17, 15) is 5.11 Å². The molecular weight excluding hydrogens is 234 g/mol. The van der Waals surface area contributed by atoms with Crippen LogP contribution in [0.5, 0.6) is 0 Å². The van der Waals surface area contributed by atoms with E-state index in [1.54, 1.807) is 0 Å². The van der Waals surface area contributed by atoms with Gasteiger partial charge >= 0.3 is 0 Å². The number of rotatable bonds is 11. The first-order valence-electron chi connectivity index (χ1n) is 7.36. The summed E-state index contributed by atoms with van der Waals surface area (Å²) in [6.07, 6.45) is 8.57. The molecule has 0 bridgehead atoms. The summed E-state index contributed by atoms with van der Waals surface area (Å²) < 4.78 is 0. The van der Waals surface area contributed by atoms with E-state index >= 15 is 0 Å². The Balaban J connectivity index is 1.96. The second-order valence-corrected chi connectivity index (χ2v) is 5.05. The largest absolute Gasteiger partial charge is 0.392 e. The van der Waals surface area contributed by atoms with Crippen molar-refractivity contribution in [3.8, 4) is 0 Å². The van der Waals surface area contributed by atoms with Crippen LogP contribution in [-0.2, 0) is 6.54 Å². The summed E-state index contributed by atoms with van der Waals surface area (Å²) in [6, 6.07) is 10.3.